The van der Waals surface area contributed by atoms with E-state index in [1.807, 2.05) is 6.07 Å². The Labute approximate surface area is 142 Å². The van der Waals surface area contributed by atoms with Crippen molar-refractivity contribution in [3.63, 3.8) is 0 Å². The molecule has 0 aliphatic rings. The number of aliphatic hydroxyl groups excluding tert-OH is 1. The number of anilines is 1. The Hall–Kier alpha value is -2.82. The SMILES string of the molecule is N#Cc1ccc(Cl)cc1NC(=O)C(=O)NCC[C@H](O)c1ccco1. The van der Waals surface area contributed by atoms with Crippen LogP contribution in [-0.4, -0.2) is 23.5 Å². The highest BCUT2D eigenvalue weighted by Gasteiger charge is 2.17. The maximum Gasteiger partial charge on any atom is 0.313 e. The summed E-state index contributed by atoms with van der Waals surface area (Å²) in [5.41, 5.74) is 0.342. The van der Waals surface area contributed by atoms with Gasteiger partial charge in [0.25, 0.3) is 0 Å². The number of carbonyl (C=O) groups excluding carboxylic acids is 2. The van der Waals surface area contributed by atoms with Crippen LogP contribution in [0.5, 0.6) is 0 Å². The molecular weight excluding hydrogens is 334 g/mol. The van der Waals surface area contributed by atoms with E-state index in [1.165, 1.54) is 24.5 Å². The van der Waals surface area contributed by atoms with E-state index in [9.17, 15) is 14.7 Å². The van der Waals surface area contributed by atoms with Gasteiger partial charge in [0.05, 0.1) is 17.5 Å². The lowest BCUT2D eigenvalue weighted by Crippen LogP contribution is -2.36. The highest BCUT2D eigenvalue weighted by atomic mass is 35.5. The molecule has 1 heterocycles. The third-order valence-electron chi connectivity index (χ3n) is 3.13. The van der Waals surface area contributed by atoms with Gasteiger partial charge in [0.1, 0.15) is 17.9 Å². The molecule has 0 radical (unpaired) electrons. The van der Waals surface area contributed by atoms with Crippen LogP contribution in [0.15, 0.2) is 41.0 Å². The molecule has 1 atom stereocenters. The molecule has 124 valence electrons. The lowest BCUT2D eigenvalue weighted by Gasteiger charge is -2.10. The van der Waals surface area contributed by atoms with Gasteiger partial charge in [-0.25, -0.2) is 0 Å². The van der Waals surface area contributed by atoms with Gasteiger partial charge in [0.2, 0.25) is 0 Å². The lowest BCUT2D eigenvalue weighted by atomic mass is 10.2. The molecule has 0 spiro atoms. The van der Waals surface area contributed by atoms with E-state index in [2.05, 4.69) is 10.6 Å². The fourth-order valence-corrected chi connectivity index (χ4v) is 2.09. The van der Waals surface area contributed by atoms with E-state index in [1.54, 1.807) is 12.1 Å². The number of hydrogen-bond donors (Lipinski definition) is 3. The largest absolute Gasteiger partial charge is 0.467 e. The van der Waals surface area contributed by atoms with Crippen molar-refractivity contribution in [3.8, 4) is 6.07 Å². The van der Waals surface area contributed by atoms with Crippen molar-refractivity contribution in [2.24, 2.45) is 0 Å². The van der Waals surface area contributed by atoms with E-state index >= 15 is 0 Å². The first kappa shape index (κ1) is 17.5. The number of rotatable bonds is 5. The predicted molar refractivity (Wildman–Crippen MR) is 86.1 cm³/mol. The molecule has 3 N–H and O–H groups in total. The van der Waals surface area contributed by atoms with Crippen LogP contribution in [0.1, 0.15) is 23.8 Å². The molecule has 0 unspecified atom stereocenters. The lowest BCUT2D eigenvalue weighted by molar-refractivity contribution is -0.136. The summed E-state index contributed by atoms with van der Waals surface area (Å²) in [5.74, 6) is -1.43. The number of aliphatic hydroxyl groups is 1. The normalized spacial score (nSPS) is 11.4. The van der Waals surface area contributed by atoms with Crippen molar-refractivity contribution < 1.29 is 19.1 Å². The molecule has 24 heavy (non-hydrogen) atoms. The monoisotopic (exact) mass is 347 g/mol. The molecule has 8 heteroatoms. The molecule has 2 amide bonds. The number of benzene rings is 1. The second kappa shape index (κ2) is 8.15. The van der Waals surface area contributed by atoms with Crippen LogP contribution in [0.4, 0.5) is 5.69 Å². The fourth-order valence-electron chi connectivity index (χ4n) is 1.92. The fraction of sp³-hybridized carbons (Fsp3) is 0.188. The van der Waals surface area contributed by atoms with Crippen molar-refractivity contribution in [2.75, 3.05) is 11.9 Å². The predicted octanol–water partition coefficient (Wildman–Crippen LogP) is 1.98. The van der Waals surface area contributed by atoms with Gasteiger partial charge in [-0.1, -0.05) is 11.6 Å². The van der Waals surface area contributed by atoms with E-state index in [4.69, 9.17) is 21.3 Å². The van der Waals surface area contributed by atoms with Crippen LogP contribution in [0.2, 0.25) is 5.02 Å². The Bertz CT molecular complexity index is 768. The second-order valence-electron chi connectivity index (χ2n) is 4.83. The Morgan fingerprint density at radius 2 is 2.12 bits per heavy atom. The number of amides is 2. The van der Waals surface area contributed by atoms with Crippen LogP contribution in [-0.2, 0) is 9.59 Å². The average Bonchev–Trinajstić information content (AvgIpc) is 3.09. The summed E-state index contributed by atoms with van der Waals surface area (Å²) in [6.45, 7) is 0.0781. The number of furan rings is 1. The Kier molecular flexibility index (Phi) is 5.95. The molecule has 0 saturated heterocycles. The molecule has 1 aromatic carbocycles. The molecular formula is C16H14ClN3O4. The Morgan fingerprint density at radius 3 is 2.79 bits per heavy atom. The van der Waals surface area contributed by atoms with Gasteiger partial charge < -0.3 is 20.2 Å². The van der Waals surface area contributed by atoms with Crippen LogP contribution >= 0.6 is 11.6 Å². The quantitative estimate of drug-likeness (QED) is 0.715. The zero-order chi connectivity index (χ0) is 17.5. The summed E-state index contributed by atoms with van der Waals surface area (Å²) in [6, 6.07) is 9.47. The van der Waals surface area contributed by atoms with E-state index in [0.717, 1.165) is 0 Å². The van der Waals surface area contributed by atoms with E-state index < -0.39 is 17.9 Å². The minimum Gasteiger partial charge on any atom is -0.467 e. The first-order valence-corrected chi connectivity index (χ1v) is 7.39. The van der Waals surface area contributed by atoms with Crippen LogP contribution in [0.3, 0.4) is 0 Å². The van der Waals surface area contributed by atoms with Gasteiger partial charge >= 0.3 is 11.8 Å². The van der Waals surface area contributed by atoms with Gasteiger partial charge in [-0.15, -0.1) is 0 Å². The topological polar surface area (TPSA) is 115 Å². The first-order valence-electron chi connectivity index (χ1n) is 7.01. The minimum absolute atomic E-state index is 0.0781. The summed E-state index contributed by atoms with van der Waals surface area (Å²) in [6.07, 6.45) is 0.747. The van der Waals surface area contributed by atoms with Crippen LogP contribution in [0.25, 0.3) is 0 Å². The van der Waals surface area contributed by atoms with Crippen molar-refractivity contribution in [3.05, 3.63) is 52.9 Å². The molecule has 0 saturated carbocycles. The van der Waals surface area contributed by atoms with Crippen molar-refractivity contribution >= 4 is 29.1 Å². The number of nitrogens with one attached hydrogen (secondary N) is 2. The average molecular weight is 348 g/mol. The summed E-state index contributed by atoms with van der Waals surface area (Å²) in [7, 11) is 0. The van der Waals surface area contributed by atoms with Crippen LogP contribution in [0, 0.1) is 11.3 Å². The molecule has 2 aromatic rings. The van der Waals surface area contributed by atoms with Crippen molar-refractivity contribution in [2.45, 2.75) is 12.5 Å². The minimum atomic E-state index is -0.929. The summed E-state index contributed by atoms with van der Waals surface area (Å²) < 4.78 is 5.03. The second-order valence-corrected chi connectivity index (χ2v) is 5.27. The number of nitriles is 1. The standard InChI is InChI=1S/C16H14ClN3O4/c17-11-4-3-10(9-18)12(8-11)20-16(23)15(22)19-6-5-13(21)14-2-1-7-24-14/h1-4,7-8,13,21H,5-6H2,(H,19,22)(H,20,23)/t13-/m0/s1. The summed E-state index contributed by atoms with van der Waals surface area (Å²) in [5, 5.41) is 23.8. The summed E-state index contributed by atoms with van der Waals surface area (Å²) in [4.78, 5) is 23.6. The maximum absolute atomic E-state index is 11.8. The number of hydrogen-bond acceptors (Lipinski definition) is 5. The first-order chi connectivity index (χ1) is 11.5. The van der Waals surface area contributed by atoms with E-state index in [-0.39, 0.29) is 24.2 Å². The maximum atomic E-state index is 11.8. The third kappa shape index (κ3) is 4.59. The van der Waals surface area contributed by atoms with Crippen molar-refractivity contribution in [1.29, 1.82) is 5.26 Å². The van der Waals surface area contributed by atoms with E-state index in [0.29, 0.717) is 10.8 Å². The molecule has 0 fully saturated rings. The van der Waals surface area contributed by atoms with Crippen LogP contribution < -0.4 is 10.6 Å². The number of nitrogens with zero attached hydrogens (tertiary/aromatic N) is 1. The molecule has 0 aliphatic carbocycles. The molecule has 2 rings (SSSR count). The zero-order valence-corrected chi connectivity index (χ0v) is 13.2. The summed E-state index contributed by atoms with van der Waals surface area (Å²) >= 11 is 5.81. The molecule has 0 aliphatic heterocycles. The highest BCUT2D eigenvalue weighted by molar-refractivity contribution is 6.40. The third-order valence-corrected chi connectivity index (χ3v) is 3.37. The van der Waals surface area contributed by atoms with Gasteiger partial charge in [-0.2, -0.15) is 5.26 Å². The molecule has 0 bridgehead atoms. The molecule has 1 aromatic heterocycles. The number of halogens is 1. The van der Waals surface area contributed by atoms with Gasteiger partial charge in [0.15, 0.2) is 0 Å². The van der Waals surface area contributed by atoms with Gasteiger partial charge in [0, 0.05) is 11.6 Å². The van der Waals surface area contributed by atoms with Crippen molar-refractivity contribution in [1.82, 2.24) is 5.32 Å². The Morgan fingerprint density at radius 1 is 1.33 bits per heavy atom. The van der Waals surface area contributed by atoms with Gasteiger partial charge in [-0.05, 0) is 36.8 Å². The smallest absolute Gasteiger partial charge is 0.313 e. The number of carbonyl (C=O) groups is 2. The van der Waals surface area contributed by atoms with Gasteiger partial charge in [-0.3, -0.25) is 9.59 Å². The Balaban J connectivity index is 1.86. The zero-order valence-electron chi connectivity index (χ0n) is 12.5. The molecule has 7 nitrogen and oxygen atoms in total. The highest BCUT2D eigenvalue weighted by Crippen LogP contribution is 2.20.